The van der Waals surface area contributed by atoms with Crippen molar-refractivity contribution in [2.24, 2.45) is 0 Å². The minimum absolute atomic E-state index is 0.180. The minimum atomic E-state index is -0.917. The fourth-order valence-corrected chi connectivity index (χ4v) is 2.21. The van der Waals surface area contributed by atoms with Gasteiger partial charge in [0.25, 0.3) is 0 Å². The van der Waals surface area contributed by atoms with Crippen LogP contribution in [-0.4, -0.2) is 35.3 Å². The molecule has 0 radical (unpaired) electrons. The lowest BCUT2D eigenvalue weighted by molar-refractivity contribution is 0.0320. The van der Waals surface area contributed by atoms with E-state index in [1.807, 2.05) is 45.0 Å². The van der Waals surface area contributed by atoms with E-state index in [9.17, 15) is 9.90 Å². The van der Waals surface area contributed by atoms with E-state index in [2.05, 4.69) is 34.3 Å². The third kappa shape index (κ3) is 7.20. The van der Waals surface area contributed by atoms with Crippen LogP contribution in [0.25, 0.3) is 0 Å². The van der Waals surface area contributed by atoms with Crippen molar-refractivity contribution in [1.82, 2.24) is 4.90 Å². The van der Waals surface area contributed by atoms with Crippen molar-refractivity contribution in [3.63, 3.8) is 0 Å². The van der Waals surface area contributed by atoms with E-state index in [-0.39, 0.29) is 6.54 Å². The Morgan fingerprint density at radius 1 is 1.42 bits per heavy atom. The van der Waals surface area contributed by atoms with Crippen molar-refractivity contribution < 1.29 is 14.6 Å². The number of amides is 1. The molecular weight excluding hydrogens is 370 g/mol. The first-order valence-electron chi connectivity index (χ1n) is 7.62. The van der Waals surface area contributed by atoms with Gasteiger partial charge in [-0.15, -0.1) is 0 Å². The molecule has 24 heavy (non-hydrogen) atoms. The Morgan fingerprint density at radius 3 is 2.62 bits per heavy atom. The van der Waals surface area contributed by atoms with E-state index in [1.54, 1.807) is 7.05 Å². The third-order valence-corrected chi connectivity index (χ3v) is 3.27. The molecule has 1 rings (SSSR count). The molecule has 1 atom stereocenters. The second-order valence-electron chi connectivity index (χ2n) is 6.45. The predicted molar refractivity (Wildman–Crippen MR) is 99.8 cm³/mol. The maximum Gasteiger partial charge on any atom is 0.410 e. The van der Waals surface area contributed by atoms with E-state index in [0.717, 1.165) is 15.6 Å². The topological polar surface area (TPSA) is 49.8 Å². The number of carbonyl (C=O) groups is 1. The summed E-state index contributed by atoms with van der Waals surface area (Å²) in [5.41, 5.74) is 1.15. The maximum atomic E-state index is 11.8. The molecule has 5 heteroatoms. The molecule has 1 unspecified atom stereocenters. The average Bonchev–Trinajstić information content (AvgIpc) is 2.45. The van der Waals surface area contributed by atoms with Gasteiger partial charge in [-0.1, -0.05) is 58.6 Å². The summed E-state index contributed by atoms with van der Waals surface area (Å²) in [6.45, 7) is 9.43. The molecule has 0 fully saturated rings. The number of allylic oxidation sites excluding steroid dienone is 1. The zero-order valence-corrected chi connectivity index (χ0v) is 16.2. The molecule has 130 valence electrons. The van der Waals surface area contributed by atoms with E-state index >= 15 is 0 Å². The van der Waals surface area contributed by atoms with E-state index in [1.165, 1.54) is 4.90 Å². The quantitative estimate of drug-likeness (QED) is 0.785. The van der Waals surface area contributed by atoms with Gasteiger partial charge in [-0.05, 0) is 36.4 Å². The summed E-state index contributed by atoms with van der Waals surface area (Å²) < 4.78 is 6.08. The second-order valence-corrected chi connectivity index (χ2v) is 7.57. The van der Waals surface area contributed by atoms with Crippen molar-refractivity contribution in [3.8, 4) is 11.8 Å². The molecule has 0 aliphatic carbocycles. The lowest BCUT2D eigenvalue weighted by Crippen LogP contribution is -2.34. The molecule has 1 N–H and O–H groups in total. The predicted octanol–water partition coefficient (Wildman–Crippen LogP) is 4.04. The smallest absolute Gasteiger partial charge is 0.410 e. The molecule has 0 heterocycles. The van der Waals surface area contributed by atoms with Gasteiger partial charge >= 0.3 is 6.09 Å². The van der Waals surface area contributed by atoms with Gasteiger partial charge in [-0.25, -0.2) is 4.79 Å². The van der Waals surface area contributed by atoms with Crippen molar-refractivity contribution in [2.45, 2.75) is 38.9 Å². The number of nitrogens with zero attached hydrogens (tertiary/aromatic N) is 1. The lowest BCUT2D eigenvalue weighted by Gasteiger charge is -2.23. The van der Waals surface area contributed by atoms with Gasteiger partial charge in [-0.2, -0.15) is 0 Å². The van der Waals surface area contributed by atoms with Gasteiger partial charge < -0.3 is 14.7 Å². The molecule has 0 spiro atoms. The number of hydrogen-bond donors (Lipinski definition) is 1. The monoisotopic (exact) mass is 393 g/mol. The number of carbonyl (C=O) groups excluding carboxylic acids is 1. The molecule has 0 aromatic heterocycles. The highest BCUT2D eigenvalue weighted by atomic mass is 79.9. The SMILES string of the molecule is C=C(Br)Cc1ccccc1C(O)C#CCN(C)C(=O)OC(C)(C)C. The van der Waals surface area contributed by atoms with Crippen molar-refractivity contribution in [3.05, 3.63) is 46.5 Å². The molecular formula is C19H24BrNO3. The summed E-state index contributed by atoms with van der Waals surface area (Å²) in [6.07, 6.45) is -0.741. The number of rotatable bonds is 4. The number of benzene rings is 1. The average molecular weight is 394 g/mol. The normalized spacial score (nSPS) is 11.9. The van der Waals surface area contributed by atoms with Crippen LogP contribution in [0.2, 0.25) is 0 Å². The third-order valence-electron chi connectivity index (χ3n) is 2.99. The van der Waals surface area contributed by atoms with E-state index < -0.39 is 17.8 Å². The highest BCUT2D eigenvalue weighted by Crippen LogP contribution is 2.21. The van der Waals surface area contributed by atoms with Crippen LogP contribution in [0.4, 0.5) is 4.79 Å². The summed E-state index contributed by atoms with van der Waals surface area (Å²) in [5.74, 6) is 5.59. The number of hydrogen-bond acceptors (Lipinski definition) is 3. The van der Waals surface area contributed by atoms with Gasteiger partial charge in [-0.3, -0.25) is 0 Å². The summed E-state index contributed by atoms with van der Waals surface area (Å²) in [7, 11) is 1.61. The van der Waals surface area contributed by atoms with Crippen LogP contribution in [0, 0.1) is 11.8 Å². The Bertz CT molecular complexity index is 653. The van der Waals surface area contributed by atoms with Crippen molar-refractivity contribution in [2.75, 3.05) is 13.6 Å². The fraction of sp³-hybridized carbons (Fsp3) is 0.421. The summed E-state index contributed by atoms with van der Waals surface area (Å²) in [4.78, 5) is 13.2. The molecule has 0 aliphatic rings. The van der Waals surface area contributed by atoms with Crippen LogP contribution in [0.15, 0.2) is 35.3 Å². The second kappa shape index (κ2) is 8.91. The van der Waals surface area contributed by atoms with Crippen LogP contribution < -0.4 is 0 Å². The zero-order valence-electron chi connectivity index (χ0n) is 14.6. The Hall–Kier alpha value is -1.77. The Labute approximate surface area is 152 Å². The van der Waals surface area contributed by atoms with Crippen LogP contribution >= 0.6 is 15.9 Å². The molecule has 1 amide bonds. The van der Waals surface area contributed by atoms with Crippen molar-refractivity contribution in [1.29, 1.82) is 0 Å². The van der Waals surface area contributed by atoms with Gasteiger partial charge in [0.1, 0.15) is 11.7 Å². The van der Waals surface area contributed by atoms with E-state index in [0.29, 0.717) is 6.42 Å². The van der Waals surface area contributed by atoms with Gasteiger partial charge in [0.05, 0.1) is 6.54 Å². The van der Waals surface area contributed by atoms with Gasteiger partial charge in [0, 0.05) is 13.5 Å². The standard InChI is InChI=1S/C19H24BrNO3/c1-14(20)13-15-9-6-7-10-16(15)17(22)11-8-12-21(5)18(23)24-19(2,3)4/h6-7,9-10,17,22H,1,12-13H2,2-5H3. The molecule has 0 aliphatic heterocycles. The molecule has 0 saturated heterocycles. The van der Waals surface area contributed by atoms with Gasteiger partial charge in [0.2, 0.25) is 0 Å². The Kier molecular flexibility index (Phi) is 7.53. The summed E-state index contributed by atoms with van der Waals surface area (Å²) in [6, 6.07) is 7.53. The van der Waals surface area contributed by atoms with Crippen LogP contribution in [-0.2, 0) is 11.2 Å². The molecule has 0 bridgehead atoms. The molecule has 1 aromatic rings. The summed E-state index contributed by atoms with van der Waals surface area (Å²) in [5, 5.41) is 10.3. The first kappa shape index (κ1) is 20.3. The number of aliphatic hydroxyl groups is 1. The molecule has 0 saturated carbocycles. The summed E-state index contributed by atoms with van der Waals surface area (Å²) >= 11 is 3.34. The van der Waals surface area contributed by atoms with Gasteiger partial charge in [0.15, 0.2) is 0 Å². The van der Waals surface area contributed by atoms with Crippen molar-refractivity contribution >= 4 is 22.0 Å². The number of halogens is 1. The van der Waals surface area contributed by atoms with Crippen LogP contribution in [0.5, 0.6) is 0 Å². The van der Waals surface area contributed by atoms with Crippen LogP contribution in [0.3, 0.4) is 0 Å². The number of ether oxygens (including phenoxy) is 1. The Morgan fingerprint density at radius 2 is 2.04 bits per heavy atom. The van der Waals surface area contributed by atoms with E-state index in [4.69, 9.17) is 4.74 Å². The zero-order chi connectivity index (χ0) is 18.3. The maximum absolute atomic E-state index is 11.8. The first-order chi connectivity index (χ1) is 11.1. The highest BCUT2D eigenvalue weighted by Gasteiger charge is 2.18. The lowest BCUT2D eigenvalue weighted by atomic mass is 10.00. The minimum Gasteiger partial charge on any atom is -0.444 e. The largest absolute Gasteiger partial charge is 0.444 e. The number of aliphatic hydroxyl groups excluding tert-OH is 1. The first-order valence-corrected chi connectivity index (χ1v) is 8.41. The molecule has 1 aromatic carbocycles. The Balaban J connectivity index is 2.73. The highest BCUT2D eigenvalue weighted by molar-refractivity contribution is 9.11. The fourth-order valence-electron chi connectivity index (χ4n) is 1.91. The van der Waals surface area contributed by atoms with Crippen LogP contribution in [0.1, 0.15) is 38.0 Å². The molecule has 4 nitrogen and oxygen atoms in total.